The minimum Gasteiger partial charge on any atom is -0.0730 e. The van der Waals surface area contributed by atoms with Crippen molar-refractivity contribution in [1.82, 2.24) is 0 Å². The van der Waals surface area contributed by atoms with Gasteiger partial charge in [0.25, 0.3) is 0 Å². The fourth-order valence-electron chi connectivity index (χ4n) is 1.70. The van der Waals surface area contributed by atoms with Gasteiger partial charge in [0.15, 0.2) is 0 Å². The van der Waals surface area contributed by atoms with Crippen LogP contribution >= 0.6 is 0 Å². The van der Waals surface area contributed by atoms with Crippen LogP contribution in [0.25, 0.3) is 0 Å². The van der Waals surface area contributed by atoms with Gasteiger partial charge in [0.05, 0.1) is 0 Å². The van der Waals surface area contributed by atoms with Crippen molar-refractivity contribution in [2.24, 2.45) is 5.92 Å². The Labute approximate surface area is 67.6 Å². The highest BCUT2D eigenvalue weighted by Crippen LogP contribution is 2.34. The summed E-state index contributed by atoms with van der Waals surface area (Å²) in [6.45, 7) is 4.40. The summed E-state index contributed by atoms with van der Waals surface area (Å²) in [7, 11) is 0. The van der Waals surface area contributed by atoms with Gasteiger partial charge in [0.1, 0.15) is 0 Å². The van der Waals surface area contributed by atoms with Crippen LogP contribution in [0, 0.1) is 5.92 Å². The maximum atomic E-state index is 2.28. The normalized spacial score (nSPS) is 27.5. The Morgan fingerprint density at radius 1 is 1.18 bits per heavy atom. The van der Waals surface area contributed by atoms with Crippen molar-refractivity contribution in [1.29, 1.82) is 0 Å². The van der Waals surface area contributed by atoms with Gasteiger partial charge in [-0.25, -0.2) is 0 Å². The highest BCUT2D eigenvalue weighted by molar-refractivity contribution is 5.50. The third-order valence-corrected chi connectivity index (χ3v) is 2.53. The van der Waals surface area contributed by atoms with Crippen LogP contribution in [0.1, 0.15) is 13.8 Å². The third kappa shape index (κ3) is 0.900. The lowest BCUT2D eigenvalue weighted by Crippen LogP contribution is -1.98. The number of hydrogen-bond acceptors (Lipinski definition) is 0. The highest BCUT2D eigenvalue weighted by Gasteiger charge is 2.19. The minimum absolute atomic E-state index is 0.583. The van der Waals surface area contributed by atoms with Crippen molar-refractivity contribution >= 4 is 0 Å². The Morgan fingerprint density at radius 3 is 2.73 bits per heavy atom. The van der Waals surface area contributed by atoms with Crippen LogP contribution in [0.5, 0.6) is 0 Å². The second-order valence-corrected chi connectivity index (χ2v) is 3.23. The Balaban J connectivity index is 2.44. The van der Waals surface area contributed by atoms with E-state index in [9.17, 15) is 0 Å². The zero-order chi connectivity index (χ0) is 7.84. The molecular weight excluding hydrogens is 132 g/mol. The average Bonchev–Trinajstić information content (AvgIpc) is 2.30. The van der Waals surface area contributed by atoms with Gasteiger partial charge >= 0.3 is 0 Å². The zero-order valence-corrected chi connectivity index (χ0v) is 6.96. The predicted octanol–water partition coefficient (Wildman–Crippen LogP) is 3.01. The van der Waals surface area contributed by atoms with E-state index in [0.29, 0.717) is 5.92 Å². The summed E-state index contributed by atoms with van der Waals surface area (Å²) in [4.78, 5) is 0. The molecule has 2 rings (SSSR count). The van der Waals surface area contributed by atoms with Crippen molar-refractivity contribution in [2.75, 3.05) is 0 Å². The molecule has 56 valence electrons. The summed E-state index contributed by atoms with van der Waals surface area (Å²) in [5.74, 6) is 0.583. The van der Waals surface area contributed by atoms with E-state index in [-0.39, 0.29) is 0 Å². The van der Waals surface area contributed by atoms with Crippen LogP contribution in [-0.4, -0.2) is 0 Å². The molecule has 0 aromatic heterocycles. The molecule has 0 saturated carbocycles. The summed E-state index contributed by atoms with van der Waals surface area (Å²) in [5, 5.41) is 0. The molecule has 2 aliphatic rings. The van der Waals surface area contributed by atoms with Crippen LogP contribution in [0.15, 0.2) is 47.1 Å². The summed E-state index contributed by atoms with van der Waals surface area (Å²) in [6, 6.07) is 0. The molecule has 0 radical (unpaired) electrons. The van der Waals surface area contributed by atoms with Gasteiger partial charge in [-0.1, -0.05) is 41.5 Å². The molecule has 0 bridgehead atoms. The molecule has 0 saturated heterocycles. The van der Waals surface area contributed by atoms with E-state index < -0.39 is 0 Å². The SMILES string of the molecule is CC1=C(C)C2C=CC=CC2=C1. The largest absolute Gasteiger partial charge is 0.0730 e. The smallest absolute Gasteiger partial charge is 0.0234 e. The first-order valence-electron chi connectivity index (χ1n) is 4.03. The van der Waals surface area contributed by atoms with Crippen LogP contribution in [-0.2, 0) is 0 Å². The van der Waals surface area contributed by atoms with Gasteiger partial charge in [-0.2, -0.15) is 0 Å². The fourth-order valence-corrected chi connectivity index (χ4v) is 1.70. The van der Waals surface area contributed by atoms with Gasteiger partial charge in [0, 0.05) is 5.92 Å². The quantitative estimate of drug-likeness (QED) is 0.490. The molecule has 11 heavy (non-hydrogen) atoms. The summed E-state index contributed by atoms with van der Waals surface area (Å²) < 4.78 is 0. The molecule has 0 aromatic carbocycles. The molecule has 1 unspecified atom stereocenters. The molecular formula is C11H12. The molecule has 1 atom stereocenters. The first-order chi connectivity index (χ1) is 5.29. The Morgan fingerprint density at radius 2 is 2.00 bits per heavy atom. The highest BCUT2D eigenvalue weighted by atomic mass is 14.2. The maximum absolute atomic E-state index is 2.28. The molecule has 0 heteroatoms. The first-order valence-corrected chi connectivity index (χ1v) is 4.03. The average molecular weight is 144 g/mol. The molecule has 0 spiro atoms. The molecule has 0 fully saturated rings. The summed E-state index contributed by atoms with van der Waals surface area (Å²) in [5.41, 5.74) is 4.38. The molecule has 0 aromatic rings. The monoisotopic (exact) mass is 144 g/mol. The van der Waals surface area contributed by atoms with Crippen molar-refractivity contribution in [3.8, 4) is 0 Å². The van der Waals surface area contributed by atoms with E-state index in [0.717, 1.165) is 0 Å². The van der Waals surface area contributed by atoms with Gasteiger partial charge in [0.2, 0.25) is 0 Å². The lowest BCUT2D eigenvalue weighted by Gasteiger charge is -2.11. The van der Waals surface area contributed by atoms with Crippen LogP contribution in [0.4, 0.5) is 0 Å². The standard InChI is InChI=1S/C11H12/c1-8-7-10-5-3-4-6-11(10)9(8)2/h3-7,11H,1-2H3. The van der Waals surface area contributed by atoms with Crippen LogP contribution in [0.2, 0.25) is 0 Å². The fraction of sp³-hybridized carbons (Fsp3) is 0.273. The Bertz CT molecular complexity index is 298. The third-order valence-electron chi connectivity index (χ3n) is 2.53. The predicted molar refractivity (Wildman–Crippen MR) is 48.2 cm³/mol. The van der Waals surface area contributed by atoms with E-state index in [1.165, 1.54) is 16.7 Å². The van der Waals surface area contributed by atoms with Gasteiger partial charge in [-0.3, -0.25) is 0 Å². The second kappa shape index (κ2) is 2.23. The van der Waals surface area contributed by atoms with E-state index in [4.69, 9.17) is 0 Å². The number of hydrogen-bond donors (Lipinski definition) is 0. The molecule has 0 aliphatic heterocycles. The van der Waals surface area contributed by atoms with Gasteiger partial charge in [-0.05, 0) is 19.4 Å². The van der Waals surface area contributed by atoms with E-state index in [2.05, 4.69) is 44.2 Å². The van der Waals surface area contributed by atoms with Crippen molar-refractivity contribution < 1.29 is 0 Å². The Hall–Kier alpha value is -1.04. The topological polar surface area (TPSA) is 0 Å². The van der Waals surface area contributed by atoms with Gasteiger partial charge < -0.3 is 0 Å². The van der Waals surface area contributed by atoms with E-state index in [1.807, 2.05) is 0 Å². The van der Waals surface area contributed by atoms with Crippen LogP contribution in [0.3, 0.4) is 0 Å². The summed E-state index contributed by atoms with van der Waals surface area (Å²) in [6.07, 6.45) is 11.0. The lowest BCUT2D eigenvalue weighted by molar-refractivity contribution is 0.931. The van der Waals surface area contributed by atoms with Crippen molar-refractivity contribution in [2.45, 2.75) is 13.8 Å². The molecule has 0 amide bonds. The number of rotatable bonds is 0. The molecule has 0 heterocycles. The molecule has 0 nitrogen and oxygen atoms in total. The maximum Gasteiger partial charge on any atom is 0.0234 e. The first kappa shape index (κ1) is 6.66. The van der Waals surface area contributed by atoms with Crippen LogP contribution < -0.4 is 0 Å². The lowest BCUT2D eigenvalue weighted by atomic mass is 9.93. The van der Waals surface area contributed by atoms with E-state index in [1.54, 1.807) is 0 Å². The Kier molecular flexibility index (Phi) is 1.35. The number of fused-ring (bicyclic) bond motifs is 1. The number of allylic oxidation sites excluding steroid dienone is 8. The summed E-state index contributed by atoms with van der Waals surface area (Å²) >= 11 is 0. The van der Waals surface area contributed by atoms with Gasteiger partial charge in [-0.15, -0.1) is 0 Å². The zero-order valence-electron chi connectivity index (χ0n) is 6.96. The van der Waals surface area contributed by atoms with Crippen molar-refractivity contribution in [3.05, 3.63) is 47.1 Å². The van der Waals surface area contributed by atoms with Crippen molar-refractivity contribution in [3.63, 3.8) is 0 Å². The minimum atomic E-state index is 0.583. The molecule has 2 aliphatic carbocycles. The molecule has 0 N–H and O–H groups in total. The van der Waals surface area contributed by atoms with E-state index >= 15 is 0 Å². The second-order valence-electron chi connectivity index (χ2n) is 3.23.